The fraction of sp³-hybridized carbons (Fsp3) is 0.214. The Hall–Kier alpha value is -2.48. The Labute approximate surface area is 133 Å². The summed E-state index contributed by atoms with van der Waals surface area (Å²) in [5.41, 5.74) is 0.653. The van der Waals surface area contributed by atoms with Crippen molar-refractivity contribution in [1.82, 2.24) is 5.32 Å². The zero-order valence-corrected chi connectivity index (χ0v) is 12.5. The molecule has 1 amide bonds. The first kappa shape index (κ1) is 19.5. The van der Waals surface area contributed by atoms with Gasteiger partial charge in [-0.1, -0.05) is 12.1 Å². The molecule has 4 N–H and O–H groups in total. The van der Waals surface area contributed by atoms with Crippen molar-refractivity contribution in [2.24, 2.45) is 0 Å². The normalized spacial score (nSPS) is 11.5. The molecule has 0 bridgehead atoms. The van der Waals surface area contributed by atoms with Crippen LogP contribution in [0.1, 0.15) is 18.4 Å². The van der Waals surface area contributed by atoms with Crippen LogP contribution in [0.2, 0.25) is 0 Å². The zero-order valence-electron chi connectivity index (χ0n) is 11.5. The number of phenolic OH excluding ortho intramolecular Hbond substituents is 1. The van der Waals surface area contributed by atoms with E-state index in [1.807, 2.05) is 0 Å². The molecular formula is C14H17NO6S. The van der Waals surface area contributed by atoms with Crippen LogP contribution in [0.5, 0.6) is 5.75 Å². The van der Waals surface area contributed by atoms with E-state index in [0.29, 0.717) is 5.56 Å². The minimum Gasteiger partial charge on any atom is -0.508 e. The van der Waals surface area contributed by atoms with Crippen LogP contribution in [0.3, 0.4) is 0 Å². The number of hydrogen-bond acceptors (Lipinski definition) is 4. The first-order chi connectivity index (χ1) is 9.88. The van der Waals surface area contributed by atoms with Crippen molar-refractivity contribution in [3.8, 4) is 5.75 Å². The van der Waals surface area contributed by atoms with Crippen molar-refractivity contribution in [3.63, 3.8) is 0 Å². The van der Waals surface area contributed by atoms with Gasteiger partial charge in [-0.05, 0) is 30.2 Å². The topological polar surface area (TPSA) is 124 Å². The highest BCUT2D eigenvalue weighted by Gasteiger charge is 2.19. The second kappa shape index (κ2) is 9.46. The summed E-state index contributed by atoms with van der Waals surface area (Å²) in [6.07, 6.45) is 2.05. The fourth-order valence-corrected chi connectivity index (χ4v) is 1.50. The van der Waals surface area contributed by atoms with E-state index in [-0.39, 0.29) is 32.1 Å². The molecule has 22 heavy (non-hydrogen) atoms. The number of carbonyl (C=O) groups is 3. The van der Waals surface area contributed by atoms with E-state index in [1.165, 1.54) is 18.2 Å². The van der Waals surface area contributed by atoms with Crippen LogP contribution in [0.4, 0.5) is 0 Å². The summed E-state index contributed by atoms with van der Waals surface area (Å²) in [4.78, 5) is 32.9. The van der Waals surface area contributed by atoms with Crippen molar-refractivity contribution < 1.29 is 29.7 Å². The molecule has 0 saturated heterocycles. The Morgan fingerprint density at radius 3 is 2.23 bits per heavy atom. The monoisotopic (exact) mass is 327 g/mol. The van der Waals surface area contributed by atoms with Crippen LogP contribution >= 0.6 is 13.5 Å². The molecule has 0 aromatic heterocycles. The Balaban J connectivity index is 0.00000441. The fourth-order valence-electron chi connectivity index (χ4n) is 1.50. The van der Waals surface area contributed by atoms with Gasteiger partial charge in [0.2, 0.25) is 5.91 Å². The van der Waals surface area contributed by atoms with E-state index < -0.39 is 23.9 Å². The molecular weight excluding hydrogens is 310 g/mol. The van der Waals surface area contributed by atoms with Crippen LogP contribution in [0.15, 0.2) is 30.3 Å². The summed E-state index contributed by atoms with van der Waals surface area (Å²) < 4.78 is 0. The van der Waals surface area contributed by atoms with Crippen LogP contribution < -0.4 is 5.32 Å². The van der Waals surface area contributed by atoms with Gasteiger partial charge in [-0.2, -0.15) is 13.5 Å². The molecule has 1 aromatic rings. The molecule has 0 saturated carbocycles. The third-order valence-electron chi connectivity index (χ3n) is 2.58. The van der Waals surface area contributed by atoms with Gasteiger partial charge in [0.1, 0.15) is 11.8 Å². The summed E-state index contributed by atoms with van der Waals surface area (Å²) >= 11 is 0. The van der Waals surface area contributed by atoms with Gasteiger partial charge in [0.05, 0.1) is 0 Å². The molecule has 7 nitrogen and oxygen atoms in total. The van der Waals surface area contributed by atoms with E-state index in [2.05, 4.69) is 5.32 Å². The molecule has 0 heterocycles. The molecule has 0 radical (unpaired) electrons. The maximum absolute atomic E-state index is 11.6. The maximum atomic E-state index is 11.6. The molecule has 0 spiro atoms. The van der Waals surface area contributed by atoms with Crippen molar-refractivity contribution in [2.75, 3.05) is 0 Å². The molecule has 120 valence electrons. The highest BCUT2D eigenvalue weighted by molar-refractivity contribution is 7.59. The average Bonchev–Trinajstić information content (AvgIpc) is 2.42. The summed E-state index contributed by atoms with van der Waals surface area (Å²) in [6, 6.07) is 4.81. The first-order valence-corrected chi connectivity index (χ1v) is 6.10. The molecule has 0 fully saturated rings. The first-order valence-electron chi connectivity index (χ1n) is 6.10. The van der Waals surface area contributed by atoms with Crippen molar-refractivity contribution in [3.05, 3.63) is 35.9 Å². The predicted octanol–water partition coefficient (Wildman–Crippen LogP) is 0.952. The standard InChI is InChI=1S/C14H15NO6.H2S/c16-10-4-1-9(2-5-10)3-7-12(17)15-11(14(20)21)6-8-13(18)19;/h1-5,7,11,16H,6,8H2,(H,15,17)(H,18,19)(H,20,21);1H2/b7-3+;. The lowest BCUT2D eigenvalue weighted by atomic mass is 10.1. The van der Waals surface area contributed by atoms with Crippen LogP contribution in [-0.2, 0) is 14.4 Å². The summed E-state index contributed by atoms with van der Waals surface area (Å²) in [5.74, 6) is -2.96. The summed E-state index contributed by atoms with van der Waals surface area (Å²) in [7, 11) is 0. The van der Waals surface area contributed by atoms with Gasteiger partial charge in [0, 0.05) is 12.5 Å². The number of phenols is 1. The third kappa shape index (κ3) is 7.34. The lowest BCUT2D eigenvalue weighted by molar-refractivity contribution is -0.142. The number of aromatic hydroxyl groups is 1. The second-order valence-corrected chi connectivity index (χ2v) is 4.26. The molecule has 8 heteroatoms. The zero-order chi connectivity index (χ0) is 15.8. The number of amides is 1. The summed E-state index contributed by atoms with van der Waals surface area (Å²) in [5, 5.41) is 28.7. The maximum Gasteiger partial charge on any atom is 0.326 e. The Bertz CT molecular complexity index is 555. The van der Waals surface area contributed by atoms with Crippen molar-refractivity contribution in [1.29, 1.82) is 0 Å². The largest absolute Gasteiger partial charge is 0.508 e. The number of hydrogen-bond donors (Lipinski definition) is 4. The lowest BCUT2D eigenvalue weighted by Gasteiger charge is -2.11. The molecule has 0 aliphatic rings. The van der Waals surface area contributed by atoms with E-state index in [9.17, 15) is 14.4 Å². The quantitative estimate of drug-likeness (QED) is 0.553. The SMILES string of the molecule is O=C(O)CCC(NC(=O)/C=C/c1ccc(O)cc1)C(=O)O.S. The van der Waals surface area contributed by atoms with E-state index in [1.54, 1.807) is 12.1 Å². The van der Waals surface area contributed by atoms with E-state index in [0.717, 1.165) is 6.08 Å². The minimum absolute atomic E-state index is 0. The average molecular weight is 327 g/mol. The van der Waals surface area contributed by atoms with Crippen LogP contribution in [-0.4, -0.2) is 39.2 Å². The van der Waals surface area contributed by atoms with Gasteiger partial charge in [-0.15, -0.1) is 0 Å². The molecule has 1 atom stereocenters. The molecule has 0 aliphatic heterocycles. The Morgan fingerprint density at radius 1 is 1.14 bits per heavy atom. The van der Waals surface area contributed by atoms with Gasteiger partial charge >= 0.3 is 11.9 Å². The number of aliphatic carboxylic acids is 2. The lowest BCUT2D eigenvalue weighted by Crippen LogP contribution is -2.40. The van der Waals surface area contributed by atoms with Crippen molar-refractivity contribution in [2.45, 2.75) is 18.9 Å². The summed E-state index contributed by atoms with van der Waals surface area (Å²) in [6.45, 7) is 0. The van der Waals surface area contributed by atoms with E-state index >= 15 is 0 Å². The second-order valence-electron chi connectivity index (χ2n) is 4.26. The molecule has 1 aromatic carbocycles. The van der Waals surface area contributed by atoms with Gasteiger partial charge in [0.25, 0.3) is 0 Å². The molecule has 1 rings (SSSR count). The van der Waals surface area contributed by atoms with E-state index in [4.69, 9.17) is 15.3 Å². The van der Waals surface area contributed by atoms with Gasteiger partial charge in [0.15, 0.2) is 0 Å². The number of carbonyl (C=O) groups excluding carboxylic acids is 1. The van der Waals surface area contributed by atoms with Gasteiger partial charge in [-0.3, -0.25) is 9.59 Å². The highest BCUT2D eigenvalue weighted by Crippen LogP contribution is 2.10. The number of carboxylic acid groups (broad SMARTS) is 2. The van der Waals surface area contributed by atoms with Crippen LogP contribution in [0, 0.1) is 0 Å². The predicted molar refractivity (Wildman–Crippen MR) is 84.0 cm³/mol. The minimum atomic E-state index is -1.29. The molecule has 0 aliphatic carbocycles. The Morgan fingerprint density at radius 2 is 1.73 bits per heavy atom. The van der Waals surface area contributed by atoms with Crippen molar-refractivity contribution >= 4 is 37.4 Å². The smallest absolute Gasteiger partial charge is 0.326 e. The van der Waals surface area contributed by atoms with Gasteiger partial charge < -0.3 is 20.6 Å². The molecule has 1 unspecified atom stereocenters. The highest BCUT2D eigenvalue weighted by atomic mass is 32.1. The third-order valence-corrected chi connectivity index (χ3v) is 2.58. The number of nitrogens with one attached hydrogen (secondary N) is 1. The number of rotatable bonds is 7. The van der Waals surface area contributed by atoms with Gasteiger partial charge in [-0.25, -0.2) is 4.79 Å². The number of carboxylic acids is 2. The van der Waals surface area contributed by atoms with Crippen LogP contribution in [0.25, 0.3) is 6.08 Å². The number of benzene rings is 1. The Kier molecular flexibility index (Phi) is 8.39.